The largest absolute Gasteiger partial charge is 0.457 e. The fourth-order valence-corrected chi connectivity index (χ4v) is 4.76. The van der Waals surface area contributed by atoms with Crippen LogP contribution in [-0.4, -0.2) is 12.1 Å². The third-order valence-electron chi connectivity index (χ3n) is 5.00. The number of fused-ring (bicyclic) bond motifs is 1. The zero-order valence-corrected chi connectivity index (χ0v) is 19.9. The number of benzene rings is 4. The molecule has 0 saturated heterocycles. The van der Waals surface area contributed by atoms with Crippen LogP contribution in [0, 0.1) is 0 Å². The number of hydrogen-bond acceptors (Lipinski definition) is 5. The predicted molar refractivity (Wildman–Crippen MR) is 141 cm³/mol. The lowest BCUT2D eigenvalue weighted by Crippen LogP contribution is -2.16. The van der Waals surface area contributed by atoms with Crippen molar-refractivity contribution >= 4 is 45.1 Å². The minimum absolute atomic E-state index is 0.370. The highest BCUT2D eigenvalue weighted by Gasteiger charge is 2.17. The summed E-state index contributed by atoms with van der Waals surface area (Å²) in [5.41, 5.74) is 3.34. The molecule has 5 nitrogen and oxygen atoms in total. The first-order valence-electron chi connectivity index (χ1n) is 10.8. The number of ether oxygens (including phenoxy) is 2. The van der Waals surface area contributed by atoms with E-state index in [1.807, 2.05) is 103 Å². The summed E-state index contributed by atoms with van der Waals surface area (Å²) < 4.78 is 12.6. The van der Waals surface area contributed by atoms with E-state index in [4.69, 9.17) is 21.1 Å². The molecule has 0 spiro atoms. The van der Waals surface area contributed by atoms with Crippen LogP contribution in [0.3, 0.4) is 0 Å². The van der Waals surface area contributed by atoms with E-state index >= 15 is 0 Å². The Labute approximate surface area is 211 Å². The SMILES string of the molecule is O=C(N/N=C/c1cccc(Oc2ccccc2)c1)c1sc2ccc(Oc3ccccc3)cc2c1Cl. The average Bonchev–Trinajstić information content (AvgIpc) is 3.21. The lowest BCUT2D eigenvalue weighted by Gasteiger charge is -2.05. The molecular formula is C28H19ClN2O3S. The molecule has 0 fully saturated rings. The van der Waals surface area contributed by atoms with Crippen molar-refractivity contribution in [3.8, 4) is 23.0 Å². The maximum Gasteiger partial charge on any atom is 0.283 e. The van der Waals surface area contributed by atoms with Gasteiger partial charge in [-0.25, -0.2) is 5.43 Å². The summed E-state index contributed by atoms with van der Waals surface area (Å²) in [6.45, 7) is 0. The van der Waals surface area contributed by atoms with Gasteiger partial charge in [-0.1, -0.05) is 60.1 Å². The van der Waals surface area contributed by atoms with E-state index in [2.05, 4.69) is 10.5 Å². The molecule has 1 N–H and O–H groups in total. The van der Waals surface area contributed by atoms with Gasteiger partial charge >= 0.3 is 0 Å². The molecule has 0 aliphatic carbocycles. The predicted octanol–water partition coefficient (Wildman–Crippen LogP) is 7.90. The lowest BCUT2D eigenvalue weighted by molar-refractivity contribution is 0.0959. The maximum absolute atomic E-state index is 12.8. The summed E-state index contributed by atoms with van der Waals surface area (Å²) >= 11 is 7.85. The van der Waals surface area contributed by atoms with Crippen molar-refractivity contribution in [2.24, 2.45) is 5.10 Å². The van der Waals surface area contributed by atoms with E-state index in [-0.39, 0.29) is 5.91 Å². The van der Waals surface area contributed by atoms with Crippen LogP contribution in [-0.2, 0) is 0 Å². The number of para-hydroxylation sites is 2. The van der Waals surface area contributed by atoms with Gasteiger partial charge in [-0.3, -0.25) is 4.79 Å². The molecule has 5 rings (SSSR count). The van der Waals surface area contributed by atoms with E-state index in [0.29, 0.717) is 21.4 Å². The molecule has 0 aliphatic heterocycles. The zero-order valence-electron chi connectivity index (χ0n) is 18.4. The summed E-state index contributed by atoms with van der Waals surface area (Å²) in [4.78, 5) is 13.1. The topological polar surface area (TPSA) is 59.9 Å². The number of nitrogens with zero attached hydrogens (tertiary/aromatic N) is 1. The summed E-state index contributed by atoms with van der Waals surface area (Å²) in [6.07, 6.45) is 1.56. The van der Waals surface area contributed by atoms with Gasteiger partial charge in [-0.2, -0.15) is 5.10 Å². The number of hydrogen-bond donors (Lipinski definition) is 1. The Bertz CT molecular complexity index is 1500. The molecule has 0 unspecified atom stereocenters. The van der Waals surface area contributed by atoms with Gasteiger partial charge in [0.1, 0.15) is 27.9 Å². The Balaban J connectivity index is 1.27. The molecule has 1 heterocycles. The summed E-state index contributed by atoms with van der Waals surface area (Å²) in [7, 11) is 0. The fraction of sp³-hybridized carbons (Fsp3) is 0. The van der Waals surface area contributed by atoms with Gasteiger partial charge in [0.25, 0.3) is 5.91 Å². The smallest absolute Gasteiger partial charge is 0.283 e. The van der Waals surface area contributed by atoms with Crippen LogP contribution in [0.25, 0.3) is 10.1 Å². The second-order valence-corrected chi connectivity index (χ2v) is 8.94. The standard InChI is InChI=1S/C28H19ClN2O3S/c29-26-24-17-23(34-21-11-5-2-6-12-21)14-15-25(24)35-27(26)28(32)31-30-18-19-8-7-13-22(16-19)33-20-9-3-1-4-10-20/h1-18H,(H,31,32)/b30-18+. The Morgan fingerprint density at radius 3 is 2.09 bits per heavy atom. The first-order chi connectivity index (χ1) is 17.2. The first-order valence-corrected chi connectivity index (χ1v) is 12.0. The molecule has 1 aromatic heterocycles. The Kier molecular flexibility index (Phi) is 6.75. The number of halogens is 1. The quantitative estimate of drug-likeness (QED) is 0.183. The minimum Gasteiger partial charge on any atom is -0.457 e. The van der Waals surface area contributed by atoms with Crippen LogP contribution in [0.4, 0.5) is 0 Å². The van der Waals surface area contributed by atoms with Gasteiger partial charge in [0, 0.05) is 10.1 Å². The normalized spacial score (nSPS) is 11.0. The first kappa shape index (κ1) is 22.7. The van der Waals surface area contributed by atoms with E-state index in [1.54, 1.807) is 6.21 Å². The number of thiophene rings is 1. The number of amides is 1. The van der Waals surface area contributed by atoms with Gasteiger partial charge in [-0.05, 0) is 60.2 Å². The van der Waals surface area contributed by atoms with Gasteiger partial charge in [0.05, 0.1) is 11.2 Å². The van der Waals surface area contributed by atoms with Crippen LogP contribution in [0.2, 0.25) is 5.02 Å². The molecule has 5 aromatic rings. The fourth-order valence-electron chi connectivity index (χ4n) is 3.38. The highest BCUT2D eigenvalue weighted by molar-refractivity contribution is 7.21. The molecule has 7 heteroatoms. The van der Waals surface area contributed by atoms with Crippen molar-refractivity contribution in [3.63, 3.8) is 0 Å². The van der Waals surface area contributed by atoms with Crippen LogP contribution in [0.5, 0.6) is 23.0 Å². The zero-order chi connectivity index (χ0) is 24.0. The Hall–Kier alpha value is -4.13. The van der Waals surface area contributed by atoms with Crippen molar-refractivity contribution in [2.45, 2.75) is 0 Å². The highest BCUT2D eigenvalue weighted by Crippen LogP contribution is 2.38. The molecule has 1 amide bonds. The number of hydrazone groups is 1. The molecular weight excluding hydrogens is 480 g/mol. The van der Waals surface area contributed by atoms with Crippen molar-refractivity contribution < 1.29 is 14.3 Å². The molecule has 0 aliphatic rings. The lowest BCUT2D eigenvalue weighted by atomic mass is 10.2. The van der Waals surface area contributed by atoms with Crippen molar-refractivity contribution in [3.05, 3.63) is 119 Å². The number of nitrogens with one attached hydrogen (secondary N) is 1. The number of rotatable bonds is 7. The summed E-state index contributed by atoms with van der Waals surface area (Å²) in [6, 6.07) is 32.0. The summed E-state index contributed by atoms with van der Waals surface area (Å²) in [5.74, 6) is 2.41. The van der Waals surface area contributed by atoms with Crippen molar-refractivity contribution in [1.29, 1.82) is 0 Å². The van der Waals surface area contributed by atoms with E-state index in [9.17, 15) is 4.79 Å². The van der Waals surface area contributed by atoms with Gasteiger partial charge < -0.3 is 9.47 Å². The van der Waals surface area contributed by atoms with Crippen molar-refractivity contribution in [2.75, 3.05) is 0 Å². The van der Waals surface area contributed by atoms with E-state index < -0.39 is 0 Å². The van der Waals surface area contributed by atoms with Gasteiger partial charge in [0.15, 0.2) is 0 Å². The summed E-state index contributed by atoms with van der Waals surface area (Å²) in [5, 5.41) is 5.22. The minimum atomic E-state index is -0.380. The molecule has 0 saturated carbocycles. The molecule has 172 valence electrons. The third-order valence-corrected chi connectivity index (χ3v) is 6.67. The monoisotopic (exact) mass is 498 g/mol. The van der Waals surface area contributed by atoms with Gasteiger partial charge in [-0.15, -0.1) is 11.3 Å². The third kappa shape index (κ3) is 5.51. The van der Waals surface area contributed by atoms with Crippen molar-refractivity contribution in [1.82, 2.24) is 5.43 Å². The van der Waals surface area contributed by atoms with Crippen LogP contribution in [0.1, 0.15) is 15.2 Å². The molecule has 0 bridgehead atoms. The second kappa shape index (κ2) is 10.4. The number of carbonyl (C=O) groups excluding carboxylic acids is 1. The molecule has 0 radical (unpaired) electrons. The molecule has 35 heavy (non-hydrogen) atoms. The Morgan fingerprint density at radius 2 is 1.40 bits per heavy atom. The Morgan fingerprint density at radius 1 is 0.771 bits per heavy atom. The van der Waals surface area contributed by atoms with Crippen LogP contribution < -0.4 is 14.9 Å². The number of carbonyl (C=O) groups is 1. The average molecular weight is 499 g/mol. The second-order valence-electron chi connectivity index (χ2n) is 7.50. The molecule has 4 aromatic carbocycles. The van der Waals surface area contributed by atoms with Crippen LogP contribution in [0.15, 0.2) is 108 Å². The van der Waals surface area contributed by atoms with Gasteiger partial charge in [0.2, 0.25) is 0 Å². The maximum atomic E-state index is 12.8. The van der Waals surface area contributed by atoms with Crippen LogP contribution >= 0.6 is 22.9 Å². The highest BCUT2D eigenvalue weighted by atomic mass is 35.5. The molecule has 0 atom stereocenters. The van der Waals surface area contributed by atoms with E-state index in [1.165, 1.54) is 11.3 Å². The van der Waals surface area contributed by atoms with E-state index in [0.717, 1.165) is 27.1 Å².